The Morgan fingerprint density at radius 2 is 1.88 bits per heavy atom. The topological polar surface area (TPSA) is 81.0 Å². The number of aromatic amines is 1. The highest BCUT2D eigenvalue weighted by molar-refractivity contribution is 6.02. The number of benzene rings is 3. The zero-order chi connectivity index (χ0) is 24.2. The molecule has 5 nitrogen and oxygen atoms in total. The van der Waals surface area contributed by atoms with Crippen LogP contribution in [0, 0.1) is 11.6 Å². The van der Waals surface area contributed by atoms with E-state index in [1.54, 1.807) is 42.5 Å². The Bertz CT molecular complexity index is 1420. The molecule has 4 aromatic rings. The molecule has 1 heterocycles. The fraction of sp³-hybridized carbons (Fsp3) is 0.111. The van der Waals surface area contributed by atoms with E-state index in [1.807, 2.05) is 6.92 Å². The number of aromatic nitrogens is 2. The fourth-order valence-electron chi connectivity index (χ4n) is 4.09. The van der Waals surface area contributed by atoms with Crippen molar-refractivity contribution in [3.63, 3.8) is 0 Å². The Morgan fingerprint density at radius 3 is 2.62 bits per heavy atom. The summed E-state index contributed by atoms with van der Waals surface area (Å²) in [5.41, 5.74) is 9.80. The van der Waals surface area contributed by atoms with Gasteiger partial charge in [-0.2, -0.15) is 5.10 Å². The van der Waals surface area contributed by atoms with Crippen molar-refractivity contribution in [2.45, 2.75) is 19.9 Å². The second-order valence-electron chi connectivity index (χ2n) is 7.59. The van der Waals surface area contributed by atoms with E-state index in [9.17, 15) is 9.18 Å². The molecule has 3 aromatic carbocycles. The van der Waals surface area contributed by atoms with Crippen molar-refractivity contribution in [2.24, 2.45) is 5.73 Å². The van der Waals surface area contributed by atoms with Gasteiger partial charge in [0.05, 0.1) is 17.1 Å². The van der Waals surface area contributed by atoms with Crippen LogP contribution in [-0.4, -0.2) is 16.2 Å². The Hall–Kier alpha value is -4.10. The van der Waals surface area contributed by atoms with Crippen molar-refractivity contribution in [2.75, 3.05) is 0 Å². The lowest BCUT2D eigenvalue weighted by Crippen LogP contribution is -2.08. The minimum Gasteiger partial charge on any atom is -0.423 e. The summed E-state index contributed by atoms with van der Waals surface area (Å²) >= 11 is 0. The second-order valence-corrected chi connectivity index (χ2v) is 7.59. The molecule has 0 aliphatic heterocycles. The largest absolute Gasteiger partial charge is 0.423 e. The predicted octanol–water partition coefficient (Wildman–Crippen LogP) is 5.76. The summed E-state index contributed by atoms with van der Waals surface area (Å²) in [6.07, 6.45) is 2.95. The summed E-state index contributed by atoms with van der Waals surface area (Å²) in [5.74, 6) is -1.28. The number of hydrogen-bond acceptors (Lipinski definition) is 4. The number of hydrogen-bond donors (Lipinski definition) is 2. The highest BCUT2D eigenvalue weighted by atomic mass is 19.1. The number of rotatable bonds is 7. The van der Waals surface area contributed by atoms with Gasteiger partial charge in [-0.15, -0.1) is 0 Å². The standard InChI is InChI=1S/C27H23F2N3O2/c1-3-18(19-10-9-17(28)13-16(19)14-30)26(20-7-5-6-8-24(20)34-25(33)4-2)21-11-12-23-22(27(21)29)15-31-32-23/h4-13,15H,2-3,14,30H2,1H3,(H,31,32)/b26-18+. The van der Waals surface area contributed by atoms with Crippen LogP contribution >= 0.6 is 0 Å². The van der Waals surface area contributed by atoms with Gasteiger partial charge in [0.15, 0.2) is 0 Å². The monoisotopic (exact) mass is 459 g/mol. The zero-order valence-corrected chi connectivity index (χ0v) is 18.6. The van der Waals surface area contributed by atoms with Crippen molar-refractivity contribution in [3.05, 3.63) is 107 Å². The second kappa shape index (κ2) is 9.80. The van der Waals surface area contributed by atoms with Crippen molar-refractivity contribution < 1.29 is 18.3 Å². The zero-order valence-electron chi connectivity index (χ0n) is 18.6. The number of allylic oxidation sites excluding steroid dienone is 1. The van der Waals surface area contributed by atoms with Crippen LogP contribution in [0.4, 0.5) is 8.78 Å². The molecule has 0 amide bonds. The lowest BCUT2D eigenvalue weighted by atomic mass is 9.85. The number of carbonyl (C=O) groups excluding carboxylic acids is 1. The third-order valence-electron chi connectivity index (χ3n) is 5.63. The number of ether oxygens (including phenoxy) is 1. The molecule has 3 N–H and O–H groups in total. The molecule has 34 heavy (non-hydrogen) atoms. The van der Waals surface area contributed by atoms with E-state index >= 15 is 4.39 Å². The van der Waals surface area contributed by atoms with Crippen LogP contribution in [0.5, 0.6) is 5.75 Å². The molecule has 0 saturated carbocycles. The maximum atomic E-state index is 15.9. The van der Waals surface area contributed by atoms with E-state index in [4.69, 9.17) is 10.5 Å². The van der Waals surface area contributed by atoms with Crippen molar-refractivity contribution in [1.29, 1.82) is 0 Å². The molecule has 0 radical (unpaired) electrons. The van der Waals surface area contributed by atoms with E-state index in [0.29, 0.717) is 45.2 Å². The Morgan fingerprint density at radius 1 is 1.12 bits per heavy atom. The number of nitrogens with one attached hydrogen (secondary N) is 1. The van der Waals surface area contributed by atoms with Crippen LogP contribution in [0.2, 0.25) is 0 Å². The molecule has 0 saturated heterocycles. The molecule has 0 atom stereocenters. The molecule has 0 unspecified atom stereocenters. The predicted molar refractivity (Wildman–Crippen MR) is 129 cm³/mol. The Kier molecular flexibility index (Phi) is 6.65. The summed E-state index contributed by atoms with van der Waals surface area (Å²) in [6, 6.07) is 14.6. The van der Waals surface area contributed by atoms with E-state index in [-0.39, 0.29) is 12.3 Å². The van der Waals surface area contributed by atoms with Crippen molar-refractivity contribution in [1.82, 2.24) is 10.2 Å². The molecule has 0 aliphatic carbocycles. The molecule has 0 aliphatic rings. The van der Waals surface area contributed by atoms with Crippen LogP contribution in [-0.2, 0) is 11.3 Å². The third-order valence-corrected chi connectivity index (χ3v) is 5.63. The molecule has 172 valence electrons. The van der Waals surface area contributed by atoms with E-state index < -0.39 is 17.6 Å². The van der Waals surface area contributed by atoms with Crippen molar-refractivity contribution >= 4 is 28.0 Å². The van der Waals surface area contributed by atoms with Gasteiger partial charge in [-0.25, -0.2) is 13.6 Å². The molecule has 7 heteroatoms. The summed E-state index contributed by atoms with van der Waals surface area (Å²) in [7, 11) is 0. The fourth-order valence-corrected chi connectivity index (χ4v) is 4.09. The number of nitrogens with zero attached hydrogens (tertiary/aromatic N) is 1. The third kappa shape index (κ3) is 4.25. The van der Waals surface area contributed by atoms with Crippen molar-refractivity contribution in [3.8, 4) is 5.75 Å². The number of nitrogens with two attached hydrogens (primary N) is 1. The van der Waals surface area contributed by atoms with E-state index in [0.717, 1.165) is 11.6 Å². The van der Waals surface area contributed by atoms with Gasteiger partial charge in [0.25, 0.3) is 0 Å². The van der Waals surface area contributed by atoms with Gasteiger partial charge in [0, 0.05) is 23.7 Å². The Balaban J connectivity index is 2.10. The van der Waals surface area contributed by atoms with Gasteiger partial charge in [0.2, 0.25) is 0 Å². The number of H-pyrrole nitrogens is 1. The average Bonchev–Trinajstić information content (AvgIpc) is 3.34. The molecule has 1 aromatic heterocycles. The number of fused-ring (bicyclic) bond motifs is 1. The van der Waals surface area contributed by atoms with Crippen LogP contribution < -0.4 is 10.5 Å². The quantitative estimate of drug-likeness (QED) is 0.159. The SMILES string of the molecule is C=CC(=O)Oc1ccccc1/C(=C(/CC)c1ccc(F)cc1CN)c1ccc2[nH]ncc2c1F. The number of para-hydroxylation sites is 1. The van der Waals surface area contributed by atoms with Crippen LogP contribution in [0.3, 0.4) is 0 Å². The van der Waals surface area contributed by atoms with Crippen LogP contribution in [0.25, 0.3) is 22.0 Å². The smallest absolute Gasteiger partial charge is 0.335 e. The summed E-state index contributed by atoms with van der Waals surface area (Å²) in [6.45, 7) is 5.47. The summed E-state index contributed by atoms with van der Waals surface area (Å²) < 4.78 is 35.3. The molecular weight excluding hydrogens is 436 g/mol. The average molecular weight is 459 g/mol. The highest BCUT2D eigenvalue weighted by Gasteiger charge is 2.23. The van der Waals surface area contributed by atoms with Gasteiger partial charge >= 0.3 is 5.97 Å². The minimum absolute atomic E-state index is 0.0974. The van der Waals surface area contributed by atoms with Gasteiger partial charge in [-0.05, 0) is 59.0 Å². The first-order valence-corrected chi connectivity index (χ1v) is 10.8. The minimum atomic E-state index is -0.639. The van der Waals surface area contributed by atoms with Crippen LogP contribution in [0.15, 0.2) is 73.4 Å². The number of esters is 1. The summed E-state index contributed by atoms with van der Waals surface area (Å²) in [4.78, 5) is 12.0. The van der Waals surface area contributed by atoms with Gasteiger partial charge < -0.3 is 10.5 Å². The van der Waals surface area contributed by atoms with E-state index in [1.165, 1.54) is 18.3 Å². The maximum Gasteiger partial charge on any atom is 0.335 e. The lowest BCUT2D eigenvalue weighted by Gasteiger charge is -2.21. The number of halogens is 2. The van der Waals surface area contributed by atoms with Gasteiger partial charge in [-0.1, -0.05) is 37.8 Å². The van der Waals surface area contributed by atoms with Gasteiger partial charge in [0.1, 0.15) is 17.4 Å². The molecule has 0 fully saturated rings. The maximum absolute atomic E-state index is 15.9. The van der Waals surface area contributed by atoms with E-state index in [2.05, 4.69) is 16.8 Å². The Labute approximate surface area is 195 Å². The molecule has 0 spiro atoms. The van der Waals surface area contributed by atoms with Crippen LogP contribution in [0.1, 0.15) is 35.6 Å². The normalized spacial score (nSPS) is 11.9. The molecule has 0 bridgehead atoms. The highest BCUT2D eigenvalue weighted by Crippen LogP contribution is 2.41. The van der Waals surface area contributed by atoms with Gasteiger partial charge in [-0.3, -0.25) is 5.10 Å². The molecular formula is C27H23F2N3O2. The first-order valence-electron chi connectivity index (χ1n) is 10.8. The first-order chi connectivity index (χ1) is 16.5. The summed E-state index contributed by atoms with van der Waals surface area (Å²) in [5, 5.41) is 7.03. The lowest BCUT2D eigenvalue weighted by molar-refractivity contribution is -0.128. The molecule has 4 rings (SSSR count). The first kappa shape index (κ1) is 23.1. The number of carbonyl (C=O) groups is 1.